The number of benzene rings is 1. The minimum absolute atomic E-state index is 0.222. The van der Waals surface area contributed by atoms with Crippen LogP contribution in [-0.4, -0.2) is 40.8 Å². The summed E-state index contributed by atoms with van der Waals surface area (Å²) in [6, 6.07) is 7.37. The summed E-state index contributed by atoms with van der Waals surface area (Å²) in [6.45, 7) is 2.03. The lowest BCUT2D eigenvalue weighted by Gasteiger charge is -2.13. The molecule has 0 radical (unpaired) electrons. The standard InChI is InChI=1S/C15H21NO3S2/c1-11-3-5-12(6-4-11)9-21-10-14(17)16-13(15(18)19)7-8-20-2/h3-6,13H,7-10H2,1-2H3,(H,16,17)(H,18,19). The van der Waals surface area contributed by atoms with Crippen molar-refractivity contribution >= 4 is 35.4 Å². The third-order valence-electron chi connectivity index (χ3n) is 2.87. The summed E-state index contributed by atoms with van der Waals surface area (Å²) in [5.74, 6) is 0.544. The maximum absolute atomic E-state index is 11.8. The largest absolute Gasteiger partial charge is 0.480 e. The van der Waals surface area contributed by atoms with E-state index in [1.165, 1.54) is 17.3 Å². The molecule has 1 aromatic carbocycles. The van der Waals surface area contributed by atoms with Crippen molar-refractivity contribution in [2.75, 3.05) is 17.8 Å². The lowest BCUT2D eigenvalue weighted by Crippen LogP contribution is -2.42. The van der Waals surface area contributed by atoms with Crippen LogP contribution in [0.2, 0.25) is 0 Å². The smallest absolute Gasteiger partial charge is 0.326 e. The zero-order valence-corrected chi connectivity index (χ0v) is 13.9. The number of aryl methyl sites for hydroxylation is 1. The average molecular weight is 327 g/mol. The van der Waals surface area contributed by atoms with E-state index in [9.17, 15) is 9.59 Å². The number of amides is 1. The first kappa shape index (κ1) is 17.9. The van der Waals surface area contributed by atoms with Crippen molar-refractivity contribution in [2.24, 2.45) is 0 Å². The molecule has 4 nitrogen and oxygen atoms in total. The van der Waals surface area contributed by atoms with Gasteiger partial charge in [0.05, 0.1) is 5.75 Å². The summed E-state index contributed by atoms with van der Waals surface area (Å²) in [5, 5.41) is 11.6. The van der Waals surface area contributed by atoms with E-state index in [1.54, 1.807) is 11.8 Å². The Bertz CT molecular complexity index is 462. The van der Waals surface area contributed by atoms with Crippen LogP contribution in [0.1, 0.15) is 17.5 Å². The monoisotopic (exact) mass is 327 g/mol. The third kappa shape index (κ3) is 7.43. The van der Waals surface area contributed by atoms with E-state index in [-0.39, 0.29) is 11.7 Å². The SMILES string of the molecule is CSCCC(NC(=O)CSCc1ccc(C)cc1)C(=O)O. The molecule has 6 heteroatoms. The van der Waals surface area contributed by atoms with Gasteiger partial charge < -0.3 is 10.4 Å². The molecule has 116 valence electrons. The van der Waals surface area contributed by atoms with E-state index in [0.717, 1.165) is 11.3 Å². The zero-order chi connectivity index (χ0) is 15.7. The molecule has 0 aliphatic heterocycles. The van der Waals surface area contributed by atoms with Crippen LogP contribution < -0.4 is 5.32 Å². The number of carboxylic acid groups (broad SMARTS) is 1. The highest BCUT2D eigenvalue weighted by Crippen LogP contribution is 2.13. The Balaban J connectivity index is 2.32. The summed E-state index contributed by atoms with van der Waals surface area (Å²) in [6.07, 6.45) is 2.36. The summed E-state index contributed by atoms with van der Waals surface area (Å²) >= 11 is 3.06. The molecule has 0 aliphatic rings. The van der Waals surface area contributed by atoms with Crippen molar-refractivity contribution in [1.29, 1.82) is 0 Å². The van der Waals surface area contributed by atoms with Gasteiger partial charge in [-0.15, -0.1) is 11.8 Å². The van der Waals surface area contributed by atoms with Crippen LogP contribution in [0.25, 0.3) is 0 Å². The van der Waals surface area contributed by atoms with E-state index >= 15 is 0 Å². The van der Waals surface area contributed by atoms with Gasteiger partial charge >= 0.3 is 5.97 Å². The number of aliphatic carboxylic acids is 1. The molecule has 0 saturated carbocycles. The second kappa shape index (κ2) is 9.73. The molecule has 1 rings (SSSR count). The first-order chi connectivity index (χ1) is 10.0. The summed E-state index contributed by atoms with van der Waals surface area (Å²) in [4.78, 5) is 22.8. The predicted octanol–water partition coefficient (Wildman–Crippen LogP) is 2.55. The molecule has 21 heavy (non-hydrogen) atoms. The van der Waals surface area contributed by atoms with Crippen LogP contribution in [0.4, 0.5) is 0 Å². The van der Waals surface area contributed by atoms with E-state index < -0.39 is 12.0 Å². The number of rotatable bonds is 9. The molecule has 1 unspecified atom stereocenters. The topological polar surface area (TPSA) is 66.4 Å². The number of nitrogens with one attached hydrogen (secondary N) is 1. The maximum atomic E-state index is 11.8. The molecule has 2 N–H and O–H groups in total. The van der Waals surface area contributed by atoms with Crippen LogP contribution >= 0.6 is 23.5 Å². The fourth-order valence-corrected chi connectivity index (χ4v) is 2.95. The maximum Gasteiger partial charge on any atom is 0.326 e. The van der Waals surface area contributed by atoms with Crippen LogP contribution in [0.5, 0.6) is 0 Å². The van der Waals surface area contributed by atoms with E-state index in [4.69, 9.17) is 5.11 Å². The van der Waals surface area contributed by atoms with E-state index in [2.05, 4.69) is 5.32 Å². The molecule has 0 saturated heterocycles. The number of carboxylic acids is 1. The Labute approximate surface area is 134 Å². The Morgan fingerprint density at radius 1 is 1.29 bits per heavy atom. The molecule has 0 fully saturated rings. The summed E-state index contributed by atoms with van der Waals surface area (Å²) in [5.41, 5.74) is 2.37. The Morgan fingerprint density at radius 3 is 2.52 bits per heavy atom. The molecule has 0 aliphatic carbocycles. The normalized spacial score (nSPS) is 11.9. The van der Waals surface area contributed by atoms with Gasteiger partial charge in [0.25, 0.3) is 0 Å². The zero-order valence-electron chi connectivity index (χ0n) is 12.3. The van der Waals surface area contributed by atoms with E-state index in [1.807, 2.05) is 37.4 Å². The molecular weight excluding hydrogens is 306 g/mol. The van der Waals surface area contributed by atoms with Gasteiger partial charge in [-0.2, -0.15) is 11.8 Å². The highest BCUT2D eigenvalue weighted by molar-refractivity contribution is 7.99. The van der Waals surface area contributed by atoms with Crippen molar-refractivity contribution in [3.8, 4) is 0 Å². The number of hydrogen-bond donors (Lipinski definition) is 2. The molecule has 0 aromatic heterocycles. The molecule has 1 atom stereocenters. The molecule has 1 aromatic rings. The van der Waals surface area contributed by atoms with Crippen LogP contribution in [0.3, 0.4) is 0 Å². The van der Waals surface area contributed by atoms with Crippen molar-refractivity contribution in [3.05, 3.63) is 35.4 Å². The number of hydrogen-bond acceptors (Lipinski definition) is 4. The fourth-order valence-electron chi connectivity index (χ4n) is 1.67. The van der Waals surface area contributed by atoms with Gasteiger partial charge in [0.15, 0.2) is 0 Å². The lowest BCUT2D eigenvalue weighted by molar-refractivity contribution is -0.141. The lowest BCUT2D eigenvalue weighted by atomic mass is 10.2. The second-order valence-corrected chi connectivity index (χ2v) is 6.69. The van der Waals surface area contributed by atoms with Crippen LogP contribution in [-0.2, 0) is 15.3 Å². The van der Waals surface area contributed by atoms with Gasteiger partial charge in [0, 0.05) is 5.75 Å². The van der Waals surface area contributed by atoms with Gasteiger partial charge in [-0.25, -0.2) is 4.79 Å². The van der Waals surface area contributed by atoms with Gasteiger partial charge in [-0.1, -0.05) is 29.8 Å². The number of thioether (sulfide) groups is 2. The minimum atomic E-state index is -0.971. The highest BCUT2D eigenvalue weighted by atomic mass is 32.2. The molecule has 0 bridgehead atoms. The first-order valence-electron chi connectivity index (χ1n) is 6.67. The average Bonchev–Trinajstić information content (AvgIpc) is 2.45. The molecule has 1 amide bonds. The third-order valence-corrected chi connectivity index (χ3v) is 4.51. The van der Waals surface area contributed by atoms with Crippen molar-refractivity contribution in [2.45, 2.75) is 25.1 Å². The first-order valence-corrected chi connectivity index (χ1v) is 9.22. The summed E-state index contributed by atoms with van der Waals surface area (Å²) in [7, 11) is 0. The second-order valence-electron chi connectivity index (χ2n) is 4.72. The highest BCUT2D eigenvalue weighted by Gasteiger charge is 2.18. The minimum Gasteiger partial charge on any atom is -0.480 e. The Kier molecular flexibility index (Phi) is 8.30. The number of carbonyl (C=O) groups is 2. The Morgan fingerprint density at radius 2 is 1.95 bits per heavy atom. The molecule has 0 heterocycles. The molecule has 0 spiro atoms. The van der Waals surface area contributed by atoms with Crippen molar-refractivity contribution in [3.63, 3.8) is 0 Å². The van der Waals surface area contributed by atoms with Gasteiger partial charge in [0.2, 0.25) is 5.91 Å². The van der Waals surface area contributed by atoms with Crippen molar-refractivity contribution < 1.29 is 14.7 Å². The van der Waals surface area contributed by atoms with E-state index in [0.29, 0.717) is 12.2 Å². The fraction of sp³-hybridized carbons (Fsp3) is 0.467. The predicted molar refractivity (Wildman–Crippen MR) is 89.9 cm³/mol. The van der Waals surface area contributed by atoms with Crippen LogP contribution in [0, 0.1) is 6.92 Å². The van der Waals surface area contributed by atoms with Gasteiger partial charge in [-0.05, 0) is 30.9 Å². The quantitative estimate of drug-likeness (QED) is 0.730. The van der Waals surface area contributed by atoms with Gasteiger partial charge in [0.1, 0.15) is 6.04 Å². The summed E-state index contributed by atoms with van der Waals surface area (Å²) < 4.78 is 0. The molecular formula is C15H21NO3S2. The van der Waals surface area contributed by atoms with Crippen molar-refractivity contribution in [1.82, 2.24) is 5.32 Å². The Hall–Kier alpha value is -1.14. The van der Waals surface area contributed by atoms with Gasteiger partial charge in [-0.3, -0.25) is 4.79 Å². The van der Waals surface area contributed by atoms with Crippen LogP contribution in [0.15, 0.2) is 24.3 Å². The number of carbonyl (C=O) groups excluding carboxylic acids is 1.